The number of amides is 1. The van der Waals surface area contributed by atoms with Gasteiger partial charge in [-0.25, -0.2) is 4.98 Å². The van der Waals surface area contributed by atoms with E-state index in [1.165, 1.54) is 22.5 Å². The van der Waals surface area contributed by atoms with E-state index in [4.69, 9.17) is 23.2 Å². The molecule has 138 valence electrons. The summed E-state index contributed by atoms with van der Waals surface area (Å²) in [5.41, 5.74) is 4.02. The van der Waals surface area contributed by atoms with Gasteiger partial charge in [-0.2, -0.15) is 0 Å². The molecule has 0 saturated carbocycles. The predicted molar refractivity (Wildman–Crippen MR) is 112 cm³/mol. The molecule has 1 N–H and O–H groups in total. The van der Waals surface area contributed by atoms with Crippen LogP contribution in [0, 0.1) is 0 Å². The van der Waals surface area contributed by atoms with E-state index >= 15 is 0 Å². The number of hydrogen-bond acceptors (Lipinski definition) is 3. The highest BCUT2D eigenvalue weighted by atomic mass is 35.5. The van der Waals surface area contributed by atoms with Crippen LogP contribution in [-0.4, -0.2) is 10.9 Å². The minimum Gasteiger partial charge on any atom is -0.349 e. The van der Waals surface area contributed by atoms with E-state index in [1.807, 2.05) is 11.4 Å². The third-order valence-electron chi connectivity index (χ3n) is 4.77. The Balaban J connectivity index is 1.47. The van der Waals surface area contributed by atoms with Gasteiger partial charge in [0.05, 0.1) is 28.2 Å². The molecule has 1 heterocycles. The first-order chi connectivity index (χ1) is 13.1. The van der Waals surface area contributed by atoms with Crippen LogP contribution in [0.3, 0.4) is 0 Å². The minimum absolute atomic E-state index is 0.0150. The van der Waals surface area contributed by atoms with E-state index in [0.29, 0.717) is 10.0 Å². The number of carbonyl (C=O) groups is 1. The number of aryl methyl sites for hydroxylation is 1. The molecular weight excluding hydrogens is 399 g/mol. The van der Waals surface area contributed by atoms with Crippen LogP contribution in [0.5, 0.6) is 0 Å². The number of aromatic nitrogens is 1. The van der Waals surface area contributed by atoms with Crippen molar-refractivity contribution < 1.29 is 4.79 Å². The molecule has 0 fully saturated rings. The van der Waals surface area contributed by atoms with Crippen LogP contribution in [0.25, 0.3) is 10.6 Å². The summed E-state index contributed by atoms with van der Waals surface area (Å²) >= 11 is 14.0. The van der Waals surface area contributed by atoms with Gasteiger partial charge in [0.15, 0.2) is 0 Å². The maximum atomic E-state index is 12.6. The molecule has 3 nitrogen and oxygen atoms in total. The summed E-state index contributed by atoms with van der Waals surface area (Å²) in [6.07, 6.45) is 3.39. The monoisotopic (exact) mass is 416 g/mol. The zero-order chi connectivity index (χ0) is 18.8. The average Bonchev–Trinajstić information content (AvgIpc) is 3.10. The minimum atomic E-state index is -0.0150. The Morgan fingerprint density at radius 3 is 2.74 bits per heavy atom. The summed E-state index contributed by atoms with van der Waals surface area (Å²) < 4.78 is 0. The van der Waals surface area contributed by atoms with Crippen molar-refractivity contribution >= 4 is 40.4 Å². The van der Waals surface area contributed by atoms with Crippen LogP contribution in [0.4, 0.5) is 0 Å². The van der Waals surface area contributed by atoms with Gasteiger partial charge >= 0.3 is 0 Å². The molecule has 1 amide bonds. The maximum absolute atomic E-state index is 12.6. The number of carbonyl (C=O) groups excluding carboxylic acids is 1. The second kappa shape index (κ2) is 8.01. The fourth-order valence-corrected chi connectivity index (χ4v) is 5.10. The molecule has 1 atom stereocenters. The molecule has 4 rings (SSSR count). The lowest BCUT2D eigenvalue weighted by Crippen LogP contribution is -2.32. The lowest BCUT2D eigenvalue weighted by atomic mass is 9.87. The number of hydrogen-bond donors (Lipinski definition) is 1. The van der Waals surface area contributed by atoms with Crippen molar-refractivity contribution in [1.82, 2.24) is 10.3 Å². The molecule has 27 heavy (non-hydrogen) atoms. The summed E-state index contributed by atoms with van der Waals surface area (Å²) in [6, 6.07) is 13.8. The molecule has 0 bridgehead atoms. The molecule has 0 saturated heterocycles. The van der Waals surface area contributed by atoms with Gasteiger partial charge in [0.2, 0.25) is 5.91 Å². The molecule has 1 aromatic heterocycles. The highest BCUT2D eigenvalue weighted by Crippen LogP contribution is 2.36. The van der Waals surface area contributed by atoms with Gasteiger partial charge in [0, 0.05) is 10.9 Å². The second-order valence-electron chi connectivity index (χ2n) is 6.63. The Morgan fingerprint density at radius 2 is 1.93 bits per heavy atom. The van der Waals surface area contributed by atoms with E-state index in [-0.39, 0.29) is 18.4 Å². The Morgan fingerprint density at radius 1 is 1.15 bits per heavy atom. The number of halogens is 2. The van der Waals surface area contributed by atoms with Crippen molar-refractivity contribution in [2.45, 2.75) is 31.7 Å². The number of fused-ring (bicyclic) bond motifs is 1. The Hall–Kier alpha value is -1.88. The average molecular weight is 417 g/mol. The summed E-state index contributed by atoms with van der Waals surface area (Å²) in [5.74, 6) is -0.0150. The molecule has 0 aliphatic heterocycles. The highest BCUT2D eigenvalue weighted by molar-refractivity contribution is 7.13. The van der Waals surface area contributed by atoms with Crippen LogP contribution in [0.15, 0.2) is 47.8 Å². The maximum Gasteiger partial charge on any atom is 0.226 e. The molecular formula is C21H18Cl2N2OS. The number of nitrogens with one attached hydrogen (secondary N) is 1. The van der Waals surface area contributed by atoms with E-state index in [2.05, 4.69) is 28.5 Å². The van der Waals surface area contributed by atoms with Gasteiger partial charge in [-0.3, -0.25) is 4.79 Å². The fourth-order valence-electron chi connectivity index (χ4n) is 3.52. The lowest BCUT2D eigenvalue weighted by Gasteiger charge is -2.26. The number of nitrogens with zero attached hydrogens (tertiary/aromatic N) is 1. The van der Waals surface area contributed by atoms with Crippen molar-refractivity contribution in [3.63, 3.8) is 0 Å². The first kappa shape index (κ1) is 18.5. The van der Waals surface area contributed by atoms with Crippen molar-refractivity contribution in [3.05, 3.63) is 74.7 Å². The van der Waals surface area contributed by atoms with Crippen LogP contribution in [0.1, 0.15) is 35.7 Å². The smallest absolute Gasteiger partial charge is 0.226 e. The summed E-state index contributed by atoms with van der Waals surface area (Å²) in [7, 11) is 0. The van der Waals surface area contributed by atoms with E-state index in [1.54, 1.807) is 18.2 Å². The Labute approximate surface area is 172 Å². The van der Waals surface area contributed by atoms with Crippen molar-refractivity contribution in [2.75, 3.05) is 0 Å². The van der Waals surface area contributed by atoms with Gasteiger partial charge < -0.3 is 5.32 Å². The topological polar surface area (TPSA) is 42.0 Å². The number of thiazole rings is 1. The zero-order valence-corrected chi connectivity index (χ0v) is 16.9. The largest absolute Gasteiger partial charge is 0.349 e. The van der Waals surface area contributed by atoms with Crippen molar-refractivity contribution in [2.24, 2.45) is 0 Å². The van der Waals surface area contributed by atoms with Gasteiger partial charge in [-0.05, 0) is 42.5 Å². The molecule has 3 aromatic rings. The normalized spacial score (nSPS) is 16.0. The first-order valence-corrected chi connectivity index (χ1v) is 10.5. The summed E-state index contributed by atoms with van der Waals surface area (Å²) in [6.45, 7) is 0. The van der Waals surface area contributed by atoms with E-state index in [9.17, 15) is 4.79 Å². The van der Waals surface area contributed by atoms with Gasteiger partial charge in [0.25, 0.3) is 0 Å². The second-order valence-corrected chi connectivity index (χ2v) is 8.30. The van der Waals surface area contributed by atoms with Crippen LogP contribution in [0.2, 0.25) is 10.0 Å². The molecule has 6 heteroatoms. The van der Waals surface area contributed by atoms with Crippen LogP contribution >= 0.6 is 34.5 Å². The SMILES string of the molecule is O=C(Cc1csc(-c2c(Cl)cccc2Cl)n1)N[C@H]1CCCc2ccccc21. The standard InChI is InChI=1S/C21H18Cl2N2OS/c22-16-8-4-9-17(23)20(16)21-24-14(12-27-21)11-19(26)25-18-10-3-6-13-5-1-2-7-15(13)18/h1-2,4-5,7-9,12,18H,3,6,10-11H2,(H,25,26)/t18-/m0/s1. The van der Waals surface area contributed by atoms with Gasteiger partial charge in [-0.1, -0.05) is 53.5 Å². The third-order valence-corrected chi connectivity index (χ3v) is 6.31. The summed E-state index contributed by atoms with van der Waals surface area (Å²) in [4.78, 5) is 17.1. The zero-order valence-electron chi connectivity index (χ0n) is 14.5. The Kier molecular flexibility index (Phi) is 5.48. The highest BCUT2D eigenvalue weighted by Gasteiger charge is 2.22. The first-order valence-electron chi connectivity index (χ1n) is 8.88. The molecule has 1 aliphatic carbocycles. The third kappa shape index (κ3) is 4.03. The summed E-state index contributed by atoms with van der Waals surface area (Å²) in [5, 5.41) is 6.92. The van der Waals surface area contributed by atoms with Crippen molar-refractivity contribution in [1.29, 1.82) is 0 Å². The van der Waals surface area contributed by atoms with Gasteiger partial charge in [0.1, 0.15) is 5.01 Å². The Bertz CT molecular complexity index is 966. The predicted octanol–water partition coefficient (Wildman–Crippen LogP) is 5.85. The van der Waals surface area contributed by atoms with Crippen LogP contribution < -0.4 is 5.32 Å². The number of benzene rings is 2. The van der Waals surface area contributed by atoms with E-state index in [0.717, 1.165) is 35.5 Å². The fraction of sp³-hybridized carbons (Fsp3) is 0.238. The molecule has 0 radical (unpaired) electrons. The number of rotatable bonds is 4. The quantitative estimate of drug-likeness (QED) is 0.578. The van der Waals surface area contributed by atoms with Crippen molar-refractivity contribution in [3.8, 4) is 10.6 Å². The molecule has 0 unspecified atom stereocenters. The van der Waals surface area contributed by atoms with E-state index < -0.39 is 0 Å². The molecule has 0 spiro atoms. The van der Waals surface area contributed by atoms with Crippen LogP contribution in [-0.2, 0) is 17.6 Å². The lowest BCUT2D eigenvalue weighted by molar-refractivity contribution is -0.121. The van der Waals surface area contributed by atoms with Gasteiger partial charge in [-0.15, -0.1) is 11.3 Å². The molecule has 1 aliphatic rings. The molecule has 2 aromatic carbocycles.